The van der Waals surface area contributed by atoms with E-state index in [1.165, 1.54) is 6.07 Å². The first kappa shape index (κ1) is 15.5. The Morgan fingerprint density at radius 3 is 2.00 bits per heavy atom. The normalized spacial score (nSPS) is 15.8. The number of alkyl halides is 3. The fraction of sp³-hybridized carbons (Fsp3) is 0.312. The Kier molecular flexibility index (Phi) is 4.02. The Bertz CT molecular complexity index is 648. The highest BCUT2D eigenvalue weighted by Gasteiger charge is 2.32. The van der Waals surface area contributed by atoms with Crippen molar-refractivity contribution in [3.05, 3.63) is 48.2 Å². The van der Waals surface area contributed by atoms with E-state index in [9.17, 15) is 18.3 Å². The number of hydrogen-bond donors (Lipinski definition) is 1. The van der Waals surface area contributed by atoms with Gasteiger partial charge < -0.3 is 10.0 Å². The minimum atomic E-state index is -4.33. The average Bonchev–Trinajstić information content (AvgIpc) is 2.55. The van der Waals surface area contributed by atoms with Crippen molar-refractivity contribution in [2.24, 2.45) is 0 Å². The van der Waals surface area contributed by atoms with Crippen LogP contribution in [0.1, 0.15) is 5.56 Å². The van der Waals surface area contributed by atoms with Crippen LogP contribution in [0, 0.1) is 0 Å². The highest BCUT2D eigenvalue weighted by molar-refractivity contribution is 5.50. The lowest BCUT2D eigenvalue weighted by Gasteiger charge is -2.32. The monoisotopic (exact) mass is 324 g/mol. The lowest BCUT2D eigenvalue weighted by atomic mass is 10.2. The van der Waals surface area contributed by atoms with Gasteiger partial charge in [-0.3, -0.25) is 4.90 Å². The number of aromatic amines is 1. The summed E-state index contributed by atoms with van der Waals surface area (Å²) in [4.78, 5) is 6.94. The van der Waals surface area contributed by atoms with Gasteiger partial charge in [-0.05, 0) is 30.3 Å². The van der Waals surface area contributed by atoms with E-state index in [1.807, 2.05) is 17.0 Å². The molecule has 0 spiro atoms. The van der Waals surface area contributed by atoms with Crippen molar-refractivity contribution in [3.63, 3.8) is 0 Å². The number of rotatable bonds is 2. The van der Waals surface area contributed by atoms with E-state index in [2.05, 4.69) is 9.88 Å². The molecule has 23 heavy (non-hydrogen) atoms. The summed E-state index contributed by atoms with van der Waals surface area (Å²) in [6.07, 6.45) is -3.33. The third-order valence-corrected chi connectivity index (χ3v) is 3.96. The Morgan fingerprint density at radius 1 is 0.870 bits per heavy atom. The van der Waals surface area contributed by atoms with Crippen molar-refractivity contribution in [1.29, 1.82) is 0 Å². The number of aromatic nitrogens is 1. The molecule has 1 aromatic carbocycles. The van der Waals surface area contributed by atoms with Gasteiger partial charge in [0.15, 0.2) is 0 Å². The largest absolute Gasteiger partial charge is 0.508 e. The summed E-state index contributed by atoms with van der Waals surface area (Å²) in [5.74, 6) is 0.912. The highest BCUT2D eigenvalue weighted by atomic mass is 19.4. The first-order chi connectivity index (χ1) is 10.9. The van der Waals surface area contributed by atoms with Crippen LogP contribution in [-0.4, -0.2) is 31.3 Å². The molecule has 2 heterocycles. The number of phenolic OH excluding ortho intramolecular Hbond substituents is 1. The second kappa shape index (κ2) is 5.98. The van der Waals surface area contributed by atoms with Crippen LogP contribution in [-0.2, 0) is 6.18 Å². The number of halogens is 3. The number of anilines is 2. The molecule has 0 saturated carbocycles. The van der Waals surface area contributed by atoms with Crippen LogP contribution in [0.25, 0.3) is 0 Å². The van der Waals surface area contributed by atoms with E-state index in [4.69, 9.17) is 0 Å². The molecule has 1 aliphatic rings. The summed E-state index contributed by atoms with van der Waals surface area (Å²) < 4.78 is 37.7. The van der Waals surface area contributed by atoms with E-state index >= 15 is 0 Å². The van der Waals surface area contributed by atoms with Gasteiger partial charge in [0.1, 0.15) is 25.0 Å². The number of aromatic hydroxyl groups is 1. The van der Waals surface area contributed by atoms with Crippen LogP contribution in [0.5, 0.6) is 5.75 Å². The molecule has 122 valence electrons. The van der Waals surface area contributed by atoms with Crippen molar-refractivity contribution in [1.82, 2.24) is 0 Å². The smallest absolute Gasteiger partial charge is 0.419 e. The van der Waals surface area contributed by atoms with Gasteiger partial charge in [0.05, 0.1) is 18.7 Å². The molecule has 1 saturated heterocycles. The van der Waals surface area contributed by atoms with E-state index in [-0.39, 0.29) is 5.75 Å². The van der Waals surface area contributed by atoms with Crippen LogP contribution >= 0.6 is 0 Å². The lowest BCUT2D eigenvalue weighted by Crippen LogP contribution is -2.48. The van der Waals surface area contributed by atoms with Gasteiger partial charge in [-0.25, -0.2) is 4.98 Å². The van der Waals surface area contributed by atoms with E-state index in [0.717, 1.165) is 31.0 Å². The van der Waals surface area contributed by atoms with Gasteiger partial charge in [-0.15, -0.1) is 0 Å². The molecule has 0 amide bonds. The van der Waals surface area contributed by atoms with Crippen LogP contribution < -0.4 is 14.8 Å². The summed E-state index contributed by atoms with van der Waals surface area (Å²) >= 11 is 0. The third kappa shape index (κ3) is 3.49. The predicted molar refractivity (Wildman–Crippen MR) is 80.5 cm³/mol. The molecule has 1 aromatic heterocycles. The van der Waals surface area contributed by atoms with Crippen LogP contribution in [0.4, 0.5) is 24.7 Å². The van der Waals surface area contributed by atoms with Crippen molar-refractivity contribution in [3.8, 4) is 5.75 Å². The number of hydrogen-bond acceptors (Lipinski definition) is 3. The Morgan fingerprint density at radius 2 is 1.48 bits per heavy atom. The number of nitrogens with zero attached hydrogens (tertiary/aromatic N) is 2. The predicted octanol–water partition coefficient (Wildman–Crippen LogP) is 2.55. The second-order valence-electron chi connectivity index (χ2n) is 5.45. The summed E-state index contributed by atoms with van der Waals surface area (Å²) in [5, 5.41) is 9.31. The maximum atomic E-state index is 12.6. The number of phenols is 1. The maximum Gasteiger partial charge on any atom is 0.419 e. The lowest BCUT2D eigenvalue weighted by molar-refractivity contribution is -0.367. The fourth-order valence-electron chi connectivity index (χ4n) is 2.66. The molecule has 2 N–H and O–H groups in total. The number of benzene rings is 1. The number of piperazine rings is 1. The van der Waals surface area contributed by atoms with Gasteiger partial charge in [-0.2, -0.15) is 13.2 Å². The van der Waals surface area contributed by atoms with Gasteiger partial charge in [0, 0.05) is 11.8 Å². The summed E-state index contributed by atoms with van der Waals surface area (Å²) in [6, 6.07) is 9.57. The fourth-order valence-corrected chi connectivity index (χ4v) is 2.66. The molecule has 7 heteroatoms. The maximum absolute atomic E-state index is 12.6. The zero-order valence-corrected chi connectivity index (χ0v) is 12.3. The summed E-state index contributed by atoms with van der Waals surface area (Å²) in [7, 11) is 0. The van der Waals surface area contributed by atoms with Crippen molar-refractivity contribution < 1.29 is 23.3 Å². The van der Waals surface area contributed by atoms with E-state index in [1.54, 1.807) is 12.1 Å². The minimum Gasteiger partial charge on any atom is -0.508 e. The third-order valence-electron chi connectivity index (χ3n) is 3.96. The summed E-state index contributed by atoms with van der Waals surface area (Å²) in [5.41, 5.74) is 0.350. The molecule has 4 nitrogen and oxygen atoms in total. The van der Waals surface area contributed by atoms with E-state index in [0.29, 0.717) is 18.9 Å². The molecular formula is C16H17F3N3O+. The molecule has 3 rings (SSSR count). The quantitative estimate of drug-likeness (QED) is 0.923. The molecule has 1 aliphatic heterocycles. The Labute approximate surface area is 131 Å². The number of nitrogens with one attached hydrogen (secondary N) is 1. The SMILES string of the molecule is Oc1ccc(N2CCN(c3ccc(C(F)(F)F)c[nH+]3)CC2)cc1. The molecule has 0 atom stereocenters. The van der Waals surface area contributed by atoms with Gasteiger partial charge >= 0.3 is 6.18 Å². The average molecular weight is 324 g/mol. The second-order valence-corrected chi connectivity index (χ2v) is 5.45. The highest BCUT2D eigenvalue weighted by Crippen LogP contribution is 2.28. The molecule has 0 bridgehead atoms. The minimum absolute atomic E-state index is 0.228. The topological polar surface area (TPSA) is 40.9 Å². The van der Waals surface area contributed by atoms with Gasteiger partial charge in [0.25, 0.3) is 5.82 Å². The number of pyridine rings is 1. The summed E-state index contributed by atoms with van der Waals surface area (Å²) in [6.45, 7) is 2.95. The first-order valence-corrected chi connectivity index (χ1v) is 7.31. The number of H-pyrrole nitrogens is 1. The van der Waals surface area contributed by atoms with Crippen LogP contribution in [0.3, 0.4) is 0 Å². The molecule has 0 unspecified atom stereocenters. The van der Waals surface area contributed by atoms with Crippen molar-refractivity contribution in [2.75, 3.05) is 36.0 Å². The van der Waals surface area contributed by atoms with Gasteiger partial charge in [0.2, 0.25) is 0 Å². The standard InChI is InChI=1S/C16H16F3N3O/c17-16(18,19)12-1-6-15(20-11-12)22-9-7-21(8-10-22)13-2-4-14(23)5-3-13/h1-6,11,23H,7-10H2/p+1. The zero-order chi connectivity index (χ0) is 16.4. The van der Waals surface area contributed by atoms with Crippen LogP contribution in [0.15, 0.2) is 42.6 Å². The van der Waals surface area contributed by atoms with Crippen molar-refractivity contribution >= 4 is 11.5 Å². The van der Waals surface area contributed by atoms with Crippen molar-refractivity contribution in [2.45, 2.75) is 6.18 Å². The van der Waals surface area contributed by atoms with Gasteiger partial charge in [-0.1, -0.05) is 0 Å². The first-order valence-electron chi connectivity index (χ1n) is 7.31. The molecule has 1 fully saturated rings. The Hall–Kier alpha value is -2.44. The van der Waals surface area contributed by atoms with Crippen LogP contribution in [0.2, 0.25) is 0 Å². The molecule has 2 aromatic rings. The molecule has 0 aliphatic carbocycles. The molecule has 0 radical (unpaired) electrons. The zero-order valence-electron chi connectivity index (χ0n) is 12.3. The molecular weight excluding hydrogens is 307 g/mol. The van der Waals surface area contributed by atoms with E-state index < -0.39 is 11.7 Å². The Balaban J connectivity index is 1.63.